The number of nitrogens with zero attached hydrogens (tertiary/aromatic N) is 2. The second-order valence-corrected chi connectivity index (χ2v) is 5.73. The molecule has 0 atom stereocenters. The molecule has 0 aliphatic carbocycles. The van der Waals surface area contributed by atoms with Gasteiger partial charge in [-0.15, -0.1) is 0 Å². The Balaban J connectivity index is 2.04. The first kappa shape index (κ1) is 15.2. The molecule has 3 nitrogen and oxygen atoms in total. The molecule has 0 fully saturated rings. The first-order chi connectivity index (χ1) is 11.0. The van der Waals surface area contributed by atoms with Crippen molar-refractivity contribution in [1.82, 2.24) is 9.55 Å². The van der Waals surface area contributed by atoms with Crippen LogP contribution >= 0.6 is 0 Å². The van der Waals surface area contributed by atoms with Gasteiger partial charge in [-0.2, -0.15) is 0 Å². The SMILES string of the molecule is CC(C)c1ccc(-n2cc(-c3ccc(F)cc3)ccc2=O)cn1. The lowest BCUT2D eigenvalue weighted by atomic mass is 10.1. The van der Waals surface area contributed by atoms with Gasteiger partial charge >= 0.3 is 0 Å². The van der Waals surface area contributed by atoms with Crippen molar-refractivity contribution in [3.8, 4) is 16.8 Å². The Hall–Kier alpha value is -2.75. The summed E-state index contributed by atoms with van der Waals surface area (Å²) in [5.41, 5.74) is 3.26. The van der Waals surface area contributed by atoms with E-state index < -0.39 is 0 Å². The minimum atomic E-state index is -0.282. The maximum Gasteiger partial charge on any atom is 0.255 e. The van der Waals surface area contributed by atoms with Gasteiger partial charge in [0.15, 0.2) is 0 Å². The van der Waals surface area contributed by atoms with Crippen LogP contribution in [0.3, 0.4) is 0 Å². The van der Waals surface area contributed by atoms with Gasteiger partial charge in [-0.05, 0) is 47.4 Å². The third-order valence-corrected chi connectivity index (χ3v) is 3.73. The van der Waals surface area contributed by atoms with Crippen molar-refractivity contribution < 1.29 is 4.39 Å². The second-order valence-electron chi connectivity index (χ2n) is 5.73. The van der Waals surface area contributed by atoms with Gasteiger partial charge in [0.1, 0.15) is 5.82 Å². The summed E-state index contributed by atoms with van der Waals surface area (Å²) in [6.07, 6.45) is 3.45. The Morgan fingerprint density at radius 3 is 2.26 bits per heavy atom. The van der Waals surface area contributed by atoms with E-state index in [1.807, 2.05) is 12.1 Å². The van der Waals surface area contributed by atoms with E-state index in [1.165, 1.54) is 18.2 Å². The largest absolute Gasteiger partial charge is 0.282 e. The number of hydrogen-bond donors (Lipinski definition) is 0. The summed E-state index contributed by atoms with van der Waals surface area (Å²) in [5, 5.41) is 0. The van der Waals surface area contributed by atoms with Gasteiger partial charge in [-0.25, -0.2) is 4.39 Å². The summed E-state index contributed by atoms with van der Waals surface area (Å²) < 4.78 is 14.6. The summed E-state index contributed by atoms with van der Waals surface area (Å²) in [6.45, 7) is 4.15. The minimum absolute atomic E-state index is 0.130. The topological polar surface area (TPSA) is 34.9 Å². The predicted molar refractivity (Wildman–Crippen MR) is 89.3 cm³/mol. The molecule has 1 aromatic carbocycles. The molecule has 2 heterocycles. The van der Waals surface area contributed by atoms with Crippen LogP contribution in [-0.4, -0.2) is 9.55 Å². The van der Waals surface area contributed by atoms with E-state index in [-0.39, 0.29) is 11.4 Å². The first-order valence-electron chi connectivity index (χ1n) is 7.49. The molecule has 2 aromatic heterocycles. The number of rotatable bonds is 3. The van der Waals surface area contributed by atoms with Gasteiger partial charge in [0.25, 0.3) is 5.56 Å². The number of aromatic nitrogens is 2. The lowest BCUT2D eigenvalue weighted by Gasteiger charge is -2.10. The fourth-order valence-electron chi connectivity index (χ4n) is 2.38. The smallest absolute Gasteiger partial charge is 0.255 e. The van der Waals surface area contributed by atoms with Crippen molar-refractivity contribution in [2.75, 3.05) is 0 Å². The Kier molecular flexibility index (Phi) is 4.06. The van der Waals surface area contributed by atoms with Gasteiger partial charge in [-0.1, -0.05) is 26.0 Å². The minimum Gasteiger partial charge on any atom is -0.282 e. The molecule has 23 heavy (non-hydrogen) atoms. The fourth-order valence-corrected chi connectivity index (χ4v) is 2.38. The number of hydrogen-bond acceptors (Lipinski definition) is 2. The maximum atomic E-state index is 13.1. The van der Waals surface area contributed by atoms with Crippen molar-refractivity contribution >= 4 is 0 Å². The standard InChI is InChI=1S/C19H17FN2O/c1-13(2)18-9-8-17(11-21-18)22-12-15(5-10-19(22)23)14-3-6-16(20)7-4-14/h3-13H,1-2H3. The molecule has 3 rings (SSSR count). The van der Waals surface area contributed by atoms with Gasteiger partial charge in [0, 0.05) is 18.0 Å². The summed E-state index contributed by atoms with van der Waals surface area (Å²) >= 11 is 0. The Bertz CT molecular complexity index is 865. The van der Waals surface area contributed by atoms with Crippen LogP contribution in [0.5, 0.6) is 0 Å². The van der Waals surface area contributed by atoms with E-state index in [0.29, 0.717) is 11.6 Å². The molecular formula is C19H17FN2O. The molecular weight excluding hydrogens is 291 g/mol. The van der Waals surface area contributed by atoms with Gasteiger partial charge in [-0.3, -0.25) is 14.3 Å². The highest BCUT2D eigenvalue weighted by Gasteiger charge is 2.06. The Labute approximate surface area is 134 Å². The summed E-state index contributed by atoms with van der Waals surface area (Å²) in [4.78, 5) is 16.6. The predicted octanol–water partition coefficient (Wildman–Crippen LogP) is 4.16. The summed E-state index contributed by atoms with van der Waals surface area (Å²) in [5.74, 6) is 0.0573. The normalized spacial score (nSPS) is 11.0. The van der Waals surface area contributed by atoms with E-state index in [1.54, 1.807) is 35.2 Å². The van der Waals surface area contributed by atoms with Crippen LogP contribution < -0.4 is 5.56 Å². The lowest BCUT2D eigenvalue weighted by molar-refractivity contribution is 0.628. The number of pyridine rings is 2. The zero-order chi connectivity index (χ0) is 16.4. The van der Waals surface area contributed by atoms with Gasteiger partial charge in [0.05, 0.1) is 11.9 Å². The summed E-state index contributed by atoms with van der Waals surface area (Å²) in [7, 11) is 0. The van der Waals surface area contributed by atoms with Crippen molar-refractivity contribution in [2.45, 2.75) is 19.8 Å². The highest BCUT2D eigenvalue weighted by Crippen LogP contribution is 2.20. The maximum absolute atomic E-state index is 13.1. The quantitative estimate of drug-likeness (QED) is 0.728. The van der Waals surface area contributed by atoms with Gasteiger partial charge in [0.2, 0.25) is 0 Å². The lowest BCUT2D eigenvalue weighted by Crippen LogP contribution is -2.16. The van der Waals surface area contributed by atoms with Crippen LogP contribution in [-0.2, 0) is 0 Å². The Morgan fingerprint density at radius 1 is 0.957 bits per heavy atom. The molecule has 0 saturated carbocycles. The van der Waals surface area contributed by atoms with Crippen molar-refractivity contribution in [2.24, 2.45) is 0 Å². The monoisotopic (exact) mass is 308 g/mol. The Morgan fingerprint density at radius 2 is 1.65 bits per heavy atom. The van der Waals surface area contributed by atoms with Crippen LogP contribution in [0.1, 0.15) is 25.5 Å². The molecule has 0 amide bonds. The molecule has 0 aliphatic rings. The first-order valence-corrected chi connectivity index (χ1v) is 7.49. The second kappa shape index (κ2) is 6.16. The highest BCUT2D eigenvalue weighted by atomic mass is 19.1. The van der Waals surface area contributed by atoms with E-state index in [4.69, 9.17) is 0 Å². The van der Waals surface area contributed by atoms with E-state index in [9.17, 15) is 9.18 Å². The van der Waals surface area contributed by atoms with Crippen LogP contribution in [0, 0.1) is 5.82 Å². The third-order valence-electron chi connectivity index (χ3n) is 3.73. The van der Waals surface area contributed by atoms with Crippen LogP contribution in [0.15, 0.2) is 65.7 Å². The molecule has 4 heteroatoms. The molecule has 0 radical (unpaired) electrons. The zero-order valence-corrected chi connectivity index (χ0v) is 13.0. The van der Waals surface area contributed by atoms with E-state index in [2.05, 4.69) is 18.8 Å². The highest BCUT2D eigenvalue weighted by molar-refractivity contribution is 5.62. The molecule has 116 valence electrons. The zero-order valence-electron chi connectivity index (χ0n) is 13.0. The number of halogens is 1. The van der Waals surface area contributed by atoms with Crippen molar-refractivity contribution in [3.05, 3.63) is 82.8 Å². The van der Waals surface area contributed by atoms with Crippen molar-refractivity contribution in [3.63, 3.8) is 0 Å². The number of benzene rings is 1. The van der Waals surface area contributed by atoms with Crippen LogP contribution in [0.25, 0.3) is 16.8 Å². The average Bonchev–Trinajstić information content (AvgIpc) is 2.56. The van der Waals surface area contributed by atoms with E-state index >= 15 is 0 Å². The molecule has 3 aromatic rings. The molecule has 0 aliphatic heterocycles. The van der Waals surface area contributed by atoms with Gasteiger partial charge < -0.3 is 0 Å². The molecule has 0 spiro atoms. The molecule has 0 saturated heterocycles. The molecule has 0 N–H and O–H groups in total. The molecule has 0 unspecified atom stereocenters. The summed E-state index contributed by atoms with van der Waals surface area (Å²) in [6, 6.07) is 13.3. The van der Waals surface area contributed by atoms with Crippen LogP contribution in [0.4, 0.5) is 4.39 Å². The molecule has 0 bridgehead atoms. The third kappa shape index (κ3) is 3.21. The average molecular weight is 308 g/mol. The van der Waals surface area contributed by atoms with Crippen molar-refractivity contribution in [1.29, 1.82) is 0 Å². The fraction of sp³-hybridized carbons (Fsp3) is 0.158. The van der Waals surface area contributed by atoms with Crippen LogP contribution in [0.2, 0.25) is 0 Å². The van der Waals surface area contributed by atoms with E-state index in [0.717, 1.165) is 16.8 Å².